The highest BCUT2D eigenvalue weighted by atomic mass is 15.3. The first-order valence-electron chi connectivity index (χ1n) is 4.32. The van der Waals surface area contributed by atoms with E-state index in [1.54, 1.807) is 10.9 Å². The molecule has 0 aliphatic rings. The number of benzene rings is 1. The molecule has 3 heteroatoms. The van der Waals surface area contributed by atoms with Crippen molar-refractivity contribution in [2.75, 3.05) is 0 Å². The summed E-state index contributed by atoms with van der Waals surface area (Å²) in [5, 5.41) is 12.9. The lowest BCUT2D eigenvalue weighted by atomic mass is 10.1. The summed E-state index contributed by atoms with van der Waals surface area (Å²) >= 11 is 0. The van der Waals surface area contributed by atoms with E-state index in [0.29, 0.717) is 5.56 Å². The molecule has 3 nitrogen and oxygen atoms in total. The summed E-state index contributed by atoms with van der Waals surface area (Å²) in [6, 6.07) is 9.66. The maximum Gasteiger partial charge on any atom is 0.0994 e. The molecule has 0 aliphatic carbocycles. The molecule has 2 aromatic rings. The highest BCUT2D eigenvalue weighted by Crippen LogP contribution is 2.12. The topological polar surface area (TPSA) is 41.6 Å². The van der Waals surface area contributed by atoms with Crippen LogP contribution in [0.3, 0.4) is 0 Å². The molecule has 0 radical (unpaired) electrons. The fourth-order valence-electron chi connectivity index (χ4n) is 1.34. The highest BCUT2D eigenvalue weighted by Gasteiger charge is 2.00. The van der Waals surface area contributed by atoms with Crippen molar-refractivity contribution in [3.8, 4) is 11.8 Å². The van der Waals surface area contributed by atoms with E-state index in [-0.39, 0.29) is 0 Å². The number of hydrogen-bond acceptors (Lipinski definition) is 2. The maximum atomic E-state index is 8.77. The van der Waals surface area contributed by atoms with Gasteiger partial charge in [0.1, 0.15) is 0 Å². The molecule has 2 rings (SSSR count). The average molecular weight is 183 g/mol. The molecule has 68 valence electrons. The van der Waals surface area contributed by atoms with Crippen LogP contribution in [0.5, 0.6) is 0 Å². The number of aromatic nitrogens is 2. The molecule has 0 aliphatic heterocycles. The van der Waals surface area contributed by atoms with Crippen LogP contribution in [-0.2, 0) is 0 Å². The van der Waals surface area contributed by atoms with E-state index in [1.807, 2.05) is 37.4 Å². The van der Waals surface area contributed by atoms with E-state index in [4.69, 9.17) is 5.26 Å². The van der Waals surface area contributed by atoms with Gasteiger partial charge in [-0.1, -0.05) is 0 Å². The maximum absolute atomic E-state index is 8.77. The fraction of sp³-hybridized carbons (Fsp3) is 0.0909. The Morgan fingerprint density at radius 2 is 2.29 bits per heavy atom. The smallest absolute Gasteiger partial charge is 0.0994 e. The summed E-state index contributed by atoms with van der Waals surface area (Å²) in [6.07, 6.45) is 3.61. The van der Waals surface area contributed by atoms with E-state index in [9.17, 15) is 0 Å². The van der Waals surface area contributed by atoms with Crippen LogP contribution < -0.4 is 0 Å². The molecule has 1 aromatic carbocycles. The van der Waals surface area contributed by atoms with Crippen molar-refractivity contribution in [3.05, 3.63) is 47.8 Å². The summed E-state index contributed by atoms with van der Waals surface area (Å²) in [5.74, 6) is 0. The molecule has 0 unspecified atom stereocenters. The Balaban J connectivity index is 2.49. The van der Waals surface area contributed by atoms with E-state index in [2.05, 4.69) is 11.2 Å². The molecule has 0 spiro atoms. The van der Waals surface area contributed by atoms with Crippen LogP contribution in [0.25, 0.3) is 5.69 Å². The van der Waals surface area contributed by atoms with Gasteiger partial charge < -0.3 is 0 Å². The number of rotatable bonds is 1. The zero-order chi connectivity index (χ0) is 9.97. The second-order valence-corrected chi connectivity index (χ2v) is 3.06. The highest BCUT2D eigenvalue weighted by molar-refractivity contribution is 5.44. The third-order valence-electron chi connectivity index (χ3n) is 2.10. The molecule has 0 saturated carbocycles. The Hall–Kier alpha value is -2.08. The molecular weight excluding hydrogens is 174 g/mol. The summed E-state index contributed by atoms with van der Waals surface area (Å²) in [5.41, 5.74) is 2.66. The van der Waals surface area contributed by atoms with E-state index >= 15 is 0 Å². The normalized spacial score (nSPS) is 9.71. The van der Waals surface area contributed by atoms with Crippen molar-refractivity contribution in [2.45, 2.75) is 6.92 Å². The molecule has 0 saturated heterocycles. The zero-order valence-electron chi connectivity index (χ0n) is 7.81. The van der Waals surface area contributed by atoms with Gasteiger partial charge in [0.05, 0.1) is 17.3 Å². The quantitative estimate of drug-likeness (QED) is 0.679. The van der Waals surface area contributed by atoms with Crippen molar-refractivity contribution in [1.29, 1.82) is 5.26 Å². The minimum atomic E-state index is 0.709. The minimum Gasteiger partial charge on any atom is -0.241 e. The Kier molecular flexibility index (Phi) is 2.04. The first-order valence-corrected chi connectivity index (χ1v) is 4.32. The number of nitrogens with zero attached hydrogens (tertiary/aromatic N) is 3. The summed E-state index contributed by atoms with van der Waals surface area (Å²) in [4.78, 5) is 0. The van der Waals surface area contributed by atoms with Crippen molar-refractivity contribution < 1.29 is 0 Å². The second-order valence-electron chi connectivity index (χ2n) is 3.06. The standard InChI is InChI=1S/C11H9N3/c1-9-7-11(4-3-10(9)8-12)14-6-2-5-13-14/h2-7H,1H3. The van der Waals surface area contributed by atoms with Gasteiger partial charge in [-0.2, -0.15) is 10.4 Å². The lowest BCUT2D eigenvalue weighted by Gasteiger charge is -2.03. The summed E-state index contributed by atoms with van der Waals surface area (Å²) < 4.78 is 1.77. The molecule has 0 bridgehead atoms. The largest absolute Gasteiger partial charge is 0.241 e. The molecule has 0 N–H and O–H groups in total. The lowest BCUT2D eigenvalue weighted by molar-refractivity contribution is 0.879. The van der Waals surface area contributed by atoms with E-state index in [1.165, 1.54) is 0 Å². The Labute approximate surface area is 82.2 Å². The first-order chi connectivity index (χ1) is 6.81. The summed E-state index contributed by atoms with van der Waals surface area (Å²) in [6.45, 7) is 1.92. The van der Waals surface area contributed by atoms with Crippen molar-refractivity contribution in [3.63, 3.8) is 0 Å². The number of aryl methyl sites for hydroxylation is 1. The molecule has 14 heavy (non-hydrogen) atoms. The van der Waals surface area contributed by atoms with Gasteiger partial charge in [-0.05, 0) is 36.8 Å². The molecule has 0 amide bonds. The van der Waals surface area contributed by atoms with Crippen molar-refractivity contribution in [2.24, 2.45) is 0 Å². The molecule has 1 aromatic heterocycles. The summed E-state index contributed by atoms with van der Waals surface area (Å²) in [7, 11) is 0. The Morgan fingerprint density at radius 3 is 2.86 bits per heavy atom. The second kappa shape index (κ2) is 3.35. The Morgan fingerprint density at radius 1 is 1.43 bits per heavy atom. The van der Waals surface area contributed by atoms with Crippen LogP contribution in [0, 0.1) is 18.3 Å². The van der Waals surface area contributed by atoms with Crippen LogP contribution in [0.1, 0.15) is 11.1 Å². The van der Waals surface area contributed by atoms with Crippen LogP contribution in [0.2, 0.25) is 0 Å². The molecule has 1 heterocycles. The van der Waals surface area contributed by atoms with Gasteiger partial charge in [-0.3, -0.25) is 0 Å². The molecular formula is C11H9N3. The third kappa shape index (κ3) is 1.38. The monoisotopic (exact) mass is 183 g/mol. The van der Waals surface area contributed by atoms with Crippen LogP contribution >= 0.6 is 0 Å². The lowest BCUT2D eigenvalue weighted by Crippen LogP contribution is -1.95. The average Bonchev–Trinajstić information content (AvgIpc) is 2.70. The SMILES string of the molecule is Cc1cc(-n2cccn2)ccc1C#N. The first kappa shape index (κ1) is 8.52. The Bertz CT molecular complexity index is 478. The molecule has 0 atom stereocenters. The minimum absolute atomic E-state index is 0.709. The van der Waals surface area contributed by atoms with Gasteiger partial charge in [0.2, 0.25) is 0 Å². The van der Waals surface area contributed by atoms with Crippen molar-refractivity contribution >= 4 is 0 Å². The van der Waals surface area contributed by atoms with Gasteiger partial charge in [0.25, 0.3) is 0 Å². The van der Waals surface area contributed by atoms with Crippen LogP contribution in [-0.4, -0.2) is 9.78 Å². The third-order valence-corrected chi connectivity index (χ3v) is 2.10. The van der Waals surface area contributed by atoms with Crippen molar-refractivity contribution in [1.82, 2.24) is 9.78 Å². The van der Waals surface area contributed by atoms with Gasteiger partial charge in [-0.25, -0.2) is 4.68 Å². The van der Waals surface area contributed by atoms with E-state index < -0.39 is 0 Å². The van der Waals surface area contributed by atoms with Gasteiger partial charge in [0.15, 0.2) is 0 Å². The number of hydrogen-bond donors (Lipinski definition) is 0. The van der Waals surface area contributed by atoms with E-state index in [0.717, 1.165) is 11.3 Å². The predicted molar refractivity (Wildman–Crippen MR) is 53.0 cm³/mol. The van der Waals surface area contributed by atoms with Gasteiger partial charge >= 0.3 is 0 Å². The van der Waals surface area contributed by atoms with Crippen LogP contribution in [0.15, 0.2) is 36.7 Å². The predicted octanol–water partition coefficient (Wildman–Crippen LogP) is 2.05. The molecule has 0 fully saturated rings. The van der Waals surface area contributed by atoms with Gasteiger partial charge in [0, 0.05) is 12.4 Å². The fourth-order valence-corrected chi connectivity index (χ4v) is 1.34. The number of nitriles is 1. The van der Waals surface area contributed by atoms with Crippen LogP contribution in [0.4, 0.5) is 0 Å². The van der Waals surface area contributed by atoms with Gasteiger partial charge in [-0.15, -0.1) is 0 Å². The zero-order valence-corrected chi connectivity index (χ0v) is 7.81.